The summed E-state index contributed by atoms with van der Waals surface area (Å²) in [6, 6.07) is 21.4. The minimum absolute atomic E-state index is 0.0223. The summed E-state index contributed by atoms with van der Waals surface area (Å²) in [4.78, 5) is 37.6. The number of anilines is 2. The van der Waals surface area contributed by atoms with Crippen LogP contribution >= 0.6 is 0 Å². The fraction of sp³-hybridized carbons (Fsp3) is 0.233. The van der Waals surface area contributed by atoms with E-state index in [0.29, 0.717) is 27.9 Å². The lowest BCUT2D eigenvalue weighted by molar-refractivity contribution is -0.122. The van der Waals surface area contributed by atoms with Gasteiger partial charge in [0.05, 0.1) is 5.39 Å². The number of fused-ring (bicyclic) bond motifs is 1. The molecule has 190 valence electrons. The highest BCUT2D eigenvalue weighted by molar-refractivity contribution is 5.95. The fourth-order valence-electron chi connectivity index (χ4n) is 3.86. The molecular formula is C30H30N2O5. The van der Waals surface area contributed by atoms with E-state index in [1.807, 2.05) is 24.3 Å². The van der Waals surface area contributed by atoms with E-state index in [0.717, 1.165) is 5.56 Å². The molecule has 7 heteroatoms. The molecule has 0 aliphatic carbocycles. The van der Waals surface area contributed by atoms with Crippen molar-refractivity contribution in [2.75, 3.05) is 10.6 Å². The molecule has 37 heavy (non-hydrogen) atoms. The van der Waals surface area contributed by atoms with Crippen molar-refractivity contribution < 1.29 is 18.7 Å². The summed E-state index contributed by atoms with van der Waals surface area (Å²) < 4.78 is 12.1. The second kappa shape index (κ2) is 10.3. The monoisotopic (exact) mass is 498 g/mol. The summed E-state index contributed by atoms with van der Waals surface area (Å²) in [6.45, 7) is 9.37. The third-order valence-corrected chi connectivity index (χ3v) is 5.91. The van der Waals surface area contributed by atoms with Gasteiger partial charge in [-0.2, -0.15) is 0 Å². The number of benzene rings is 3. The number of amides is 2. The summed E-state index contributed by atoms with van der Waals surface area (Å²) in [5, 5.41) is 5.82. The summed E-state index contributed by atoms with van der Waals surface area (Å²) in [5.41, 5.74) is 3.01. The maximum atomic E-state index is 13.4. The highest BCUT2D eigenvalue weighted by Crippen LogP contribution is 2.33. The Labute approximate surface area is 215 Å². The minimum Gasteiger partial charge on any atom is -0.473 e. The van der Waals surface area contributed by atoms with Gasteiger partial charge in [0.25, 0.3) is 5.91 Å². The molecular weight excluding hydrogens is 468 g/mol. The smallest absolute Gasteiger partial charge is 0.265 e. The lowest BCUT2D eigenvalue weighted by Crippen LogP contribution is -2.31. The number of carbonyl (C=O) groups excluding carboxylic acids is 2. The van der Waals surface area contributed by atoms with Gasteiger partial charge in [-0.1, -0.05) is 57.2 Å². The molecule has 4 aromatic rings. The van der Waals surface area contributed by atoms with Crippen LogP contribution in [0.25, 0.3) is 22.3 Å². The van der Waals surface area contributed by atoms with Gasteiger partial charge in [0.15, 0.2) is 11.9 Å². The fourth-order valence-corrected chi connectivity index (χ4v) is 3.86. The van der Waals surface area contributed by atoms with Crippen LogP contribution in [0.4, 0.5) is 11.4 Å². The number of para-hydroxylation sites is 1. The van der Waals surface area contributed by atoms with Crippen LogP contribution in [0.5, 0.6) is 5.75 Å². The normalized spacial score (nSPS) is 12.1. The molecule has 4 rings (SSSR count). The molecule has 1 unspecified atom stereocenters. The zero-order chi connectivity index (χ0) is 26.7. The van der Waals surface area contributed by atoms with Crippen LogP contribution in [-0.4, -0.2) is 17.9 Å². The standard InChI is InChI=1S/C30H30N2O5/c1-18(29(35)32-23-16-14-22(15-17-23)31-19(2)33)36-28-26(34)24-8-6-7-9-25(24)37-27(28)20-10-12-21(13-11-20)30(3,4)5/h6-18H,1-5H3,(H,31,33)(H,32,35). The van der Waals surface area contributed by atoms with Crippen molar-refractivity contribution in [1.82, 2.24) is 0 Å². The lowest BCUT2D eigenvalue weighted by atomic mass is 9.86. The van der Waals surface area contributed by atoms with Gasteiger partial charge in [-0.25, -0.2) is 0 Å². The second-order valence-electron chi connectivity index (χ2n) is 9.92. The average Bonchev–Trinajstić information content (AvgIpc) is 2.86. The lowest BCUT2D eigenvalue weighted by Gasteiger charge is -2.20. The summed E-state index contributed by atoms with van der Waals surface area (Å²) in [7, 11) is 0. The first-order chi connectivity index (χ1) is 17.5. The quantitative estimate of drug-likeness (QED) is 0.334. The molecule has 0 aliphatic heterocycles. The van der Waals surface area contributed by atoms with E-state index in [4.69, 9.17) is 9.15 Å². The molecule has 0 saturated carbocycles. The number of nitrogens with one attached hydrogen (secondary N) is 2. The highest BCUT2D eigenvalue weighted by Gasteiger charge is 2.24. The van der Waals surface area contributed by atoms with Crippen LogP contribution in [0.1, 0.15) is 40.2 Å². The van der Waals surface area contributed by atoms with Crippen LogP contribution < -0.4 is 20.8 Å². The predicted molar refractivity (Wildman–Crippen MR) is 146 cm³/mol. The van der Waals surface area contributed by atoms with Gasteiger partial charge in [-0.05, 0) is 54.3 Å². The number of hydrogen-bond acceptors (Lipinski definition) is 5. The zero-order valence-electron chi connectivity index (χ0n) is 21.5. The van der Waals surface area contributed by atoms with E-state index >= 15 is 0 Å². The van der Waals surface area contributed by atoms with E-state index < -0.39 is 12.0 Å². The molecule has 7 nitrogen and oxygen atoms in total. The van der Waals surface area contributed by atoms with Crippen molar-refractivity contribution in [3.8, 4) is 17.1 Å². The molecule has 3 aromatic carbocycles. The van der Waals surface area contributed by atoms with Gasteiger partial charge < -0.3 is 19.8 Å². The Morgan fingerprint density at radius 1 is 0.865 bits per heavy atom. The van der Waals surface area contributed by atoms with Crippen molar-refractivity contribution in [2.24, 2.45) is 0 Å². The van der Waals surface area contributed by atoms with Gasteiger partial charge >= 0.3 is 0 Å². The van der Waals surface area contributed by atoms with Crippen LogP contribution in [-0.2, 0) is 15.0 Å². The predicted octanol–water partition coefficient (Wildman–Crippen LogP) is 6.12. The first-order valence-electron chi connectivity index (χ1n) is 12.0. The molecule has 0 radical (unpaired) electrons. The third-order valence-electron chi connectivity index (χ3n) is 5.91. The van der Waals surface area contributed by atoms with Crippen LogP contribution in [0.2, 0.25) is 0 Å². The van der Waals surface area contributed by atoms with Crippen molar-refractivity contribution >= 4 is 34.2 Å². The Morgan fingerprint density at radius 2 is 1.46 bits per heavy atom. The van der Waals surface area contributed by atoms with Gasteiger partial charge in [0, 0.05) is 23.9 Å². The van der Waals surface area contributed by atoms with Crippen molar-refractivity contribution in [1.29, 1.82) is 0 Å². The number of ether oxygens (including phenoxy) is 1. The van der Waals surface area contributed by atoms with Crippen LogP contribution in [0, 0.1) is 0 Å². The SMILES string of the molecule is CC(=O)Nc1ccc(NC(=O)C(C)Oc2c(-c3ccc(C(C)(C)C)cc3)oc3ccccc3c2=O)cc1. The number of hydrogen-bond donors (Lipinski definition) is 2. The van der Waals surface area contributed by atoms with E-state index in [2.05, 4.69) is 31.4 Å². The molecule has 0 saturated heterocycles. The zero-order valence-corrected chi connectivity index (χ0v) is 21.5. The Balaban J connectivity index is 1.64. The molecule has 0 fully saturated rings. The Kier molecular flexibility index (Phi) is 7.16. The minimum atomic E-state index is -0.994. The molecule has 1 aromatic heterocycles. The Morgan fingerprint density at radius 3 is 2.05 bits per heavy atom. The van der Waals surface area contributed by atoms with E-state index in [1.165, 1.54) is 6.92 Å². The van der Waals surface area contributed by atoms with Gasteiger partial charge in [0.2, 0.25) is 17.1 Å². The Bertz CT molecular complexity index is 1500. The molecule has 0 spiro atoms. The molecule has 1 heterocycles. The van der Waals surface area contributed by atoms with E-state index in [-0.39, 0.29) is 28.3 Å². The van der Waals surface area contributed by atoms with Crippen LogP contribution in [0.15, 0.2) is 82.0 Å². The highest BCUT2D eigenvalue weighted by atomic mass is 16.5. The van der Waals surface area contributed by atoms with E-state index in [1.54, 1.807) is 55.5 Å². The first-order valence-corrected chi connectivity index (χ1v) is 12.0. The molecule has 0 aliphatic rings. The average molecular weight is 499 g/mol. The molecule has 2 N–H and O–H groups in total. The van der Waals surface area contributed by atoms with Gasteiger partial charge in [-0.3, -0.25) is 14.4 Å². The Hall–Kier alpha value is -4.39. The maximum Gasteiger partial charge on any atom is 0.265 e. The maximum absolute atomic E-state index is 13.4. The van der Waals surface area contributed by atoms with Crippen molar-refractivity contribution in [3.63, 3.8) is 0 Å². The largest absolute Gasteiger partial charge is 0.473 e. The van der Waals surface area contributed by atoms with Gasteiger partial charge in [-0.15, -0.1) is 0 Å². The summed E-state index contributed by atoms with van der Waals surface area (Å²) in [6.07, 6.45) is -0.994. The third kappa shape index (κ3) is 5.89. The number of rotatable bonds is 6. The van der Waals surface area contributed by atoms with Crippen molar-refractivity contribution in [3.05, 3.63) is 88.6 Å². The first kappa shape index (κ1) is 25.7. The van der Waals surface area contributed by atoms with E-state index in [9.17, 15) is 14.4 Å². The van der Waals surface area contributed by atoms with Gasteiger partial charge in [0.1, 0.15) is 5.58 Å². The summed E-state index contributed by atoms with van der Waals surface area (Å²) >= 11 is 0. The van der Waals surface area contributed by atoms with Crippen LogP contribution in [0.3, 0.4) is 0 Å². The van der Waals surface area contributed by atoms with Crippen molar-refractivity contribution in [2.45, 2.75) is 46.1 Å². The second-order valence-corrected chi connectivity index (χ2v) is 9.92. The molecule has 2 amide bonds. The molecule has 0 bridgehead atoms. The molecule has 1 atom stereocenters. The number of carbonyl (C=O) groups is 2. The summed E-state index contributed by atoms with van der Waals surface area (Å²) in [5.74, 6) is -0.375. The topological polar surface area (TPSA) is 97.6 Å².